The molecule has 3 rings (SSSR count). The third-order valence-electron chi connectivity index (χ3n) is 4.49. The molecule has 7 nitrogen and oxygen atoms in total. The van der Waals surface area contributed by atoms with Crippen molar-refractivity contribution in [2.75, 3.05) is 26.7 Å². The number of amides is 2. The quantitative estimate of drug-likeness (QED) is 0.809. The Bertz CT molecular complexity index is 808. The lowest BCUT2D eigenvalue weighted by Crippen LogP contribution is -2.56. The number of hydrogen-bond donors (Lipinski definition) is 2. The molecule has 0 radical (unpaired) electrons. The predicted molar refractivity (Wildman–Crippen MR) is 98.8 cm³/mol. The van der Waals surface area contributed by atoms with Gasteiger partial charge in [0, 0.05) is 32.1 Å². The van der Waals surface area contributed by atoms with Crippen LogP contribution in [0.15, 0.2) is 30.3 Å². The number of carbonyl (C=O) groups excluding carboxylic acids is 2. The zero-order valence-electron chi connectivity index (χ0n) is 15.1. The molecular weight excluding hydrogens is 332 g/mol. The Balaban J connectivity index is 1.78. The summed E-state index contributed by atoms with van der Waals surface area (Å²) in [5, 5.41) is 6.43. The van der Waals surface area contributed by atoms with Crippen LogP contribution in [0.5, 0.6) is 5.75 Å². The van der Waals surface area contributed by atoms with Crippen LogP contribution in [0.3, 0.4) is 0 Å². The van der Waals surface area contributed by atoms with Gasteiger partial charge in [0.2, 0.25) is 11.8 Å². The smallest absolute Gasteiger partial charge is 0.237 e. The van der Waals surface area contributed by atoms with E-state index in [1.165, 1.54) is 0 Å². The maximum atomic E-state index is 12.2. The maximum Gasteiger partial charge on any atom is 0.237 e. The molecule has 1 unspecified atom stereocenters. The lowest BCUT2D eigenvalue weighted by molar-refractivity contribution is -0.134. The summed E-state index contributed by atoms with van der Waals surface area (Å²) in [6.07, 6.45) is 0.146. The summed E-state index contributed by atoms with van der Waals surface area (Å²) in [6.45, 7) is 4.37. The van der Waals surface area contributed by atoms with Gasteiger partial charge in [0.15, 0.2) is 0 Å². The molecule has 1 aliphatic heterocycles. The fraction of sp³-hybridized carbons (Fsp3) is 0.421. The van der Waals surface area contributed by atoms with E-state index < -0.39 is 6.04 Å². The molecule has 2 amide bonds. The molecule has 1 fully saturated rings. The molecule has 7 heteroatoms. The number of piperazine rings is 1. The van der Waals surface area contributed by atoms with Crippen molar-refractivity contribution in [3.63, 3.8) is 0 Å². The molecule has 0 saturated carbocycles. The van der Waals surface area contributed by atoms with Crippen LogP contribution in [0.25, 0.3) is 10.9 Å². The molecule has 1 atom stereocenters. The summed E-state index contributed by atoms with van der Waals surface area (Å²) in [5.41, 5.74) is 1.76. The Morgan fingerprint density at radius 2 is 2.23 bits per heavy atom. The van der Waals surface area contributed by atoms with Crippen molar-refractivity contribution in [1.29, 1.82) is 0 Å². The van der Waals surface area contributed by atoms with Crippen molar-refractivity contribution in [3.05, 3.63) is 36.0 Å². The number of aromatic nitrogens is 1. The average Bonchev–Trinajstić information content (AvgIpc) is 2.64. The lowest BCUT2D eigenvalue weighted by Gasteiger charge is -2.34. The molecule has 138 valence electrons. The number of hydrogen-bond acceptors (Lipinski definition) is 5. The number of nitrogens with one attached hydrogen (secondary N) is 2. The summed E-state index contributed by atoms with van der Waals surface area (Å²) in [5.74, 6) is 0.571. The summed E-state index contributed by atoms with van der Waals surface area (Å²) >= 11 is 0. The molecule has 0 bridgehead atoms. The van der Waals surface area contributed by atoms with Gasteiger partial charge in [0.25, 0.3) is 0 Å². The third kappa shape index (κ3) is 4.11. The van der Waals surface area contributed by atoms with Gasteiger partial charge in [-0.25, -0.2) is 0 Å². The first kappa shape index (κ1) is 18.1. The SMILES string of the molecule is CCOc1ccc2nc(CN3CCNC(=O)C3CC(=O)NC)ccc2c1. The molecular formula is C19H24N4O3. The topological polar surface area (TPSA) is 83.6 Å². The molecule has 2 aromatic rings. The van der Waals surface area contributed by atoms with Crippen LogP contribution in [0, 0.1) is 0 Å². The molecule has 0 spiro atoms. The molecule has 2 N–H and O–H groups in total. The second-order valence-electron chi connectivity index (χ2n) is 6.24. The monoisotopic (exact) mass is 356 g/mol. The average molecular weight is 356 g/mol. The highest BCUT2D eigenvalue weighted by atomic mass is 16.5. The Labute approximate surface area is 152 Å². The van der Waals surface area contributed by atoms with E-state index in [4.69, 9.17) is 9.72 Å². The number of benzene rings is 1. The largest absolute Gasteiger partial charge is 0.494 e. The Morgan fingerprint density at radius 3 is 3.00 bits per heavy atom. The molecule has 1 aliphatic rings. The first-order chi connectivity index (χ1) is 12.6. The highest BCUT2D eigenvalue weighted by Gasteiger charge is 2.31. The van der Waals surface area contributed by atoms with Crippen LogP contribution >= 0.6 is 0 Å². The minimum atomic E-state index is -0.471. The van der Waals surface area contributed by atoms with Gasteiger partial charge < -0.3 is 15.4 Å². The first-order valence-corrected chi connectivity index (χ1v) is 8.85. The van der Waals surface area contributed by atoms with Crippen molar-refractivity contribution in [1.82, 2.24) is 20.5 Å². The van der Waals surface area contributed by atoms with Crippen molar-refractivity contribution < 1.29 is 14.3 Å². The van der Waals surface area contributed by atoms with Gasteiger partial charge >= 0.3 is 0 Å². The van der Waals surface area contributed by atoms with Gasteiger partial charge in [-0.1, -0.05) is 6.07 Å². The van der Waals surface area contributed by atoms with E-state index in [1.807, 2.05) is 42.2 Å². The van der Waals surface area contributed by atoms with Gasteiger partial charge in [0.05, 0.1) is 30.3 Å². The van der Waals surface area contributed by atoms with Crippen LogP contribution in [-0.4, -0.2) is 54.5 Å². The molecule has 26 heavy (non-hydrogen) atoms. The fourth-order valence-corrected chi connectivity index (χ4v) is 3.15. The van der Waals surface area contributed by atoms with Crippen molar-refractivity contribution in [2.45, 2.75) is 25.9 Å². The van der Waals surface area contributed by atoms with Gasteiger partial charge in [-0.15, -0.1) is 0 Å². The number of nitrogens with zero attached hydrogens (tertiary/aromatic N) is 2. The van der Waals surface area contributed by atoms with E-state index in [2.05, 4.69) is 10.6 Å². The van der Waals surface area contributed by atoms with E-state index in [-0.39, 0.29) is 18.2 Å². The highest BCUT2D eigenvalue weighted by molar-refractivity contribution is 5.88. The second-order valence-corrected chi connectivity index (χ2v) is 6.24. The van der Waals surface area contributed by atoms with Crippen LogP contribution in [-0.2, 0) is 16.1 Å². The van der Waals surface area contributed by atoms with Crippen molar-refractivity contribution in [3.8, 4) is 5.75 Å². The van der Waals surface area contributed by atoms with Crippen LogP contribution in [0.4, 0.5) is 0 Å². The summed E-state index contributed by atoms with van der Waals surface area (Å²) in [6, 6.07) is 9.32. The number of rotatable bonds is 6. The summed E-state index contributed by atoms with van der Waals surface area (Å²) < 4.78 is 5.52. The molecule has 1 saturated heterocycles. The Morgan fingerprint density at radius 1 is 1.38 bits per heavy atom. The maximum absolute atomic E-state index is 12.2. The van der Waals surface area contributed by atoms with Crippen LogP contribution < -0.4 is 15.4 Å². The summed E-state index contributed by atoms with van der Waals surface area (Å²) in [7, 11) is 1.58. The minimum Gasteiger partial charge on any atom is -0.494 e. The minimum absolute atomic E-state index is 0.109. The van der Waals surface area contributed by atoms with Gasteiger partial charge in [-0.3, -0.25) is 19.5 Å². The summed E-state index contributed by atoms with van der Waals surface area (Å²) in [4.78, 5) is 30.6. The number of pyridine rings is 1. The fourth-order valence-electron chi connectivity index (χ4n) is 3.15. The normalized spacial score (nSPS) is 17.8. The van der Waals surface area contributed by atoms with Crippen LogP contribution in [0.2, 0.25) is 0 Å². The zero-order chi connectivity index (χ0) is 18.5. The molecule has 1 aromatic heterocycles. The van der Waals surface area contributed by atoms with Crippen LogP contribution in [0.1, 0.15) is 19.0 Å². The Kier molecular flexibility index (Phi) is 5.68. The van der Waals surface area contributed by atoms with Gasteiger partial charge in [-0.2, -0.15) is 0 Å². The lowest BCUT2D eigenvalue weighted by atomic mass is 10.1. The molecule has 0 aliphatic carbocycles. The first-order valence-electron chi connectivity index (χ1n) is 8.85. The van der Waals surface area contributed by atoms with E-state index in [1.54, 1.807) is 7.05 Å². The highest BCUT2D eigenvalue weighted by Crippen LogP contribution is 2.21. The molecule has 2 heterocycles. The van der Waals surface area contributed by atoms with Gasteiger partial charge in [0.1, 0.15) is 5.75 Å². The van der Waals surface area contributed by atoms with E-state index in [9.17, 15) is 9.59 Å². The number of ether oxygens (including phenoxy) is 1. The van der Waals surface area contributed by atoms with E-state index in [0.29, 0.717) is 26.2 Å². The van der Waals surface area contributed by atoms with Gasteiger partial charge in [-0.05, 0) is 31.2 Å². The molecule has 1 aromatic carbocycles. The standard InChI is InChI=1S/C19H24N4O3/c1-3-26-15-6-7-16-13(10-15)4-5-14(22-16)12-23-9-8-21-19(25)17(23)11-18(24)20-2/h4-7,10,17H,3,8-9,11-12H2,1-2H3,(H,20,24)(H,21,25). The Hall–Kier alpha value is -2.67. The van der Waals surface area contributed by atoms with Crippen molar-refractivity contribution >= 4 is 22.7 Å². The zero-order valence-corrected chi connectivity index (χ0v) is 15.1. The van der Waals surface area contributed by atoms with E-state index >= 15 is 0 Å². The van der Waals surface area contributed by atoms with Crippen molar-refractivity contribution in [2.24, 2.45) is 0 Å². The number of fused-ring (bicyclic) bond motifs is 1. The second kappa shape index (κ2) is 8.14. The third-order valence-corrected chi connectivity index (χ3v) is 4.49. The number of carbonyl (C=O) groups is 2. The van der Waals surface area contributed by atoms with E-state index in [0.717, 1.165) is 22.3 Å². The predicted octanol–water partition coefficient (Wildman–Crippen LogP) is 1.07.